The van der Waals surface area contributed by atoms with Gasteiger partial charge in [0.05, 0.1) is 0 Å². The van der Waals surface area contributed by atoms with Crippen LogP contribution < -0.4 is 10.1 Å². The summed E-state index contributed by atoms with van der Waals surface area (Å²) in [6.45, 7) is 6.02. The third kappa shape index (κ3) is 4.15. The maximum atomic E-state index is 12.5. The van der Waals surface area contributed by atoms with Crippen LogP contribution >= 0.6 is 0 Å². The molecule has 1 saturated heterocycles. The van der Waals surface area contributed by atoms with Crippen molar-refractivity contribution < 1.29 is 31.1 Å². The molecule has 1 aliphatic heterocycles. The second-order valence-corrected chi connectivity index (χ2v) is 6.95. The Hall–Kier alpha value is -1.44. The Morgan fingerprint density at radius 1 is 0.917 bits per heavy atom. The van der Waals surface area contributed by atoms with Crippen molar-refractivity contribution in [1.29, 1.82) is 0 Å². The molecule has 1 fully saturated rings. The molecular formula is C16H19F6NO. The summed E-state index contributed by atoms with van der Waals surface area (Å²) in [4.78, 5) is 0. The van der Waals surface area contributed by atoms with Gasteiger partial charge in [-0.2, -0.15) is 26.3 Å². The highest BCUT2D eigenvalue weighted by molar-refractivity contribution is 5.33. The molecule has 0 saturated carbocycles. The van der Waals surface area contributed by atoms with E-state index in [0.29, 0.717) is 0 Å². The van der Waals surface area contributed by atoms with Crippen molar-refractivity contribution in [2.75, 3.05) is 0 Å². The number of benzene rings is 1. The second kappa shape index (κ2) is 5.82. The summed E-state index contributed by atoms with van der Waals surface area (Å²) in [6, 6.07) is 5.26. The predicted molar refractivity (Wildman–Crippen MR) is 76.8 cm³/mol. The van der Waals surface area contributed by atoms with Gasteiger partial charge in [0, 0.05) is 11.1 Å². The topological polar surface area (TPSA) is 21.3 Å². The number of hydrogen-bond acceptors (Lipinski definition) is 2. The Morgan fingerprint density at radius 2 is 1.42 bits per heavy atom. The molecule has 2 nitrogen and oxygen atoms in total. The number of alkyl halides is 6. The molecular weight excluding hydrogens is 336 g/mol. The van der Waals surface area contributed by atoms with Gasteiger partial charge in [-0.25, -0.2) is 0 Å². The number of hydrogen-bond donors (Lipinski definition) is 1. The average Bonchev–Trinajstić information content (AvgIpc) is 2.69. The van der Waals surface area contributed by atoms with Crippen LogP contribution in [0.3, 0.4) is 0 Å². The molecule has 24 heavy (non-hydrogen) atoms. The first kappa shape index (κ1) is 18.9. The van der Waals surface area contributed by atoms with E-state index in [0.717, 1.165) is 30.5 Å². The molecule has 2 rings (SSSR count). The van der Waals surface area contributed by atoms with Crippen LogP contribution in [0.15, 0.2) is 24.3 Å². The zero-order chi connectivity index (χ0) is 18.4. The van der Waals surface area contributed by atoms with Crippen LogP contribution in [0.4, 0.5) is 26.3 Å². The van der Waals surface area contributed by atoms with E-state index in [-0.39, 0.29) is 11.1 Å². The van der Waals surface area contributed by atoms with Gasteiger partial charge < -0.3 is 10.1 Å². The molecule has 136 valence electrons. The molecule has 0 radical (unpaired) electrons. The van der Waals surface area contributed by atoms with Gasteiger partial charge >= 0.3 is 12.4 Å². The third-order valence-corrected chi connectivity index (χ3v) is 4.20. The van der Waals surface area contributed by atoms with Gasteiger partial charge in [-0.3, -0.25) is 0 Å². The van der Waals surface area contributed by atoms with E-state index in [1.54, 1.807) is 0 Å². The van der Waals surface area contributed by atoms with Crippen molar-refractivity contribution in [3.8, 4) is 5.75 Å². The summed E-state index contributed by atoms with van der Waals surface area (Å²) < 4.78 is 79.3. The summed E-state index contributed by atoms with van der Waals surface area (Å²) in [7, 11) is 0. The van der Waals surface area contributed by atoms with Crippen LogP contribution in [0.2, 0.25) is 0 Å². The zero-order valence-corrected chi connectivity index (χ0v) is 13.5. The van der Waals surface area contributed by atoms with Crippen LogP contribution in [0.25, 0.3) is 0 Å². The lowest BCUT2D eigenvalue weighted by atomic mass is 9.90. The van der Waals surface area contributed by atoms with Gasteiger partial charge in [0.2, 0.25) is 0 Å². The standard InChI is InChI=1S/C16H19F6NO/c1-13(2)8-9-14(3,23-13)10-4-6-11(7-5-10)24-12(15(17,18)19)16(20,21)22/h4-7,12,23H,8-9H2,1-3H3. The lowest BCUT2D eigenvalue weighted by molar-refractivity contribution is -0.299. The normalized spacial score (nSPS) is 24.4. The van der Waals surface area contributed by atoms with Crippen molar-refractivity contribution in [3.05, 3.63) is 29.8 Å². The van der Waals surface area contributed by atoms with Crippen molar-refractivity contribution in [2.45, 2.75) is 63.1 Å². The highest BCUT2D eigenvalue weighted by Gasteiger charge is 2.59. The Morgan fingerprint density at radius 3 is 1.79 bits per heavy atom. The molecule has 0 spiro atoms. The van der Waals surface area contributed by atoms with Crippen LogP contribution in [0.5, 0.6) is 5.75 Å². The molecule has 1 unspecified atom stereocenters. The van der Waals surface area contributed by atoms with Gasteiger partial charge in [-0.15, -0.1) is 0 Å². The lowest BCUT2D eigenvalue weighted by Crippen LogP contribution is -2.46. The fourth-order valence-electron chi connectivity index (χ4n) is 3.01. The first-order valence-electron chi connectivity index (χ1n) is 7.43. The maximum absolute atomic E-state index is 12.5. The maximum Gasteiger partial charge on any atom is 0.434 e. The largest absolute Gasteiger partial charge is 0.471 e. The SMILES string of the molecule is CC1(C)CCC(C)(c2ccc(OC(C(F)(F)F)C(F)(F)F)cc2)N1. The monoisotopic (exact) mass is 355 g/mol. The minimum atomic E-state index is -5.53. The molecule has 0 bridgehead atoms. The van der Waals surface area contributed by atoms with Crippen molar-refractivity contribution in [1.82, 2.24) is 5.32 Å². The van der Waals surface area contributed by atoms with Crippen molar-refractivity contribution in [2.24, 2.45) is 0 Å². The van der Waals surface area contributed by atoms with E-state index < -0.39 is 24.2 Å². The molecule has 1 heterocycles. The van der Waals surface area contributed by atoms with Crippen molar-refractivity contribution >= 4 is 0 Å². The zero-order valence-electron chi connectivity index (χ0n) is 13.5. The fourth-order valence-corrected chi connectivity index (χ4v) is 3.01. The van der Waals surface area contributed by atoms with E-state index in [1.807, 2.05) is 20.8 Å². The number of nitrogens with one attached hydrogen (secondary N) is 1. The Bertz CT molecular complexity index is 564. The van der Waals surface area contributed by atoms with Crippen LogP contribution in [0, 0.1) is 0 Å². The summed E-state index contributed by atoms with van der Waals surface area (Å²) >= 11 is 0. The number of halogens is 6. The van der Waals surface area contributed by atoms with E-state index in [4.69, 9.17) is 0 Å². The molecule has 0 aromatic heterocycles. The fraction of sp³-hybridized carbons (Fsp3) is 0.625. The lowest BCUT2D eigenvalue weighted by Gasteiger charge is -2.30. The molecule has 8 heteroatoms. The molecule has 1 aromatic carbocycles. The smallest absolute Gasteiger partial charge is 0.434 e. The quantitative estimate of drug-likeness (QED) is 0.776. The third-order valence-electron chi connectivity index (χ3n) is 4.20. The first-order valence-corrected chi connectivity index (χ1v) is 7.43. The van der Waals surface area contributed by atoms with E-state index >= 15 is 0 Å². The number of ether oxygens (including phenoxy) is 1. The van der Waals surface area contributed by atoms with Crippen LogP contribution in [-0.2, 0) is 5.54 Å². The summed E-state index contributed by atoms with van der Waals surface area (Å²) in [5, 5.41) is 3.43. The van der Waals surface area contributed by atoms with Crippen molar-refractivity contribution in [3.63, 3.8) is 0 Å². The first-order chi connectivity index (χ1) is 10.7. The minimum Gasteiger partial charge on any atom is -0.471 e. The van der Waals surface area contributed by atoms with E-state index in [9.17, 15) is 26.3 Å². The summed E-state index contributed by atoms with van der Waals surface area (Å²) in [5.41, 5.74) is 0.327. The highest BCUT2D eigenvalue weighted by Crippen LogP contribution is 2.39. The Kier molecular flexibility index (Phi) is 4.58. The van der Waals surface area contributed by atoms with E-state index in [2.05, 4.69) is 10.1 Å². The highest BCUT2D eigenvalue weighted by atomic mass is 19.4. The predicted octanol–water partition coefficient (Wildman–Crippen LogP) is 4.94. The number of rotatable bonds is 3. The molecule has 1 N–H and O–H groups in total. The molecule has 1 aromatic rings. The second-order valence-electron chi connectivity index (χ2n) is 6.95. The summed E-state index contributed by atoms with van der Waals surface area (Å²) in [5.74, 6) is -0.473. The van der Waals surface area contributed by atoms with Gasteiger partial charge in [-0.05, 0) is 51.3 Å². The van der Waals surface area contributed by atoms with Gasteiger partial charge in [0.15, 0.2) is 0 Å². The van der Waals surface area contributed by atoms with Gasteiger partial charge in [0.25, 0.3) is 6.10 Å². The Labute approximate surface area is 136 Å². The van der Waals surface area contributed by atoms with Crippen LogP contribution in [0.1, 0.15) is 39.2 Å². The molecule has 1 aliphatic rings. The Balaban J connectivity index is 2.18. The molecule has 1 atom stereocenters. The molecule has 0 aliphatic carbocycles. The average molecular weight is 355 g/mol. The summed E-state index contributed by atoms with van der Waals surface area (Å²) in [6.07, 6.45) is -13.2. The van der Waals surface area contributed by atoms with Crippen LogP contribution in [-0.4, -0.2) is 24.0 Å². The minimum absolute atomic E-state index is 0.0818. The molecule has 0 amide bonds. The van der Waals surface area contributed by atoms with Gasteiger partial charge in [-0.1, -0.05) is 12.1 Å². The van der Waals surface area contributed by atoms with E-state index in [1.165, 1.54) is 12.1 Å². The van der Waals surface area contributed by atoms with Gasteiger partial charge in [0.1, 0.15) is 5.75 Å².